The molecule has 1 aromatic heterocycles. The zero-order chi connectivity index (χ0) is 16.2. The maximum atomic E-state index is 12.3. The van der Waals surface area contributed by atoms with E-state index in [0.717, 1.165) is 32.3 Å². The van der Waals surface area contributed by atoms with Gasteiger partial charge in [-0.15, -0.1) is 0 Å². The van der Waals surface area contributed by atoms with Gasteiger partial charge in [-0.2, -0.15) is 5.10 Å². The van der Waals surface area contributed by atoms with Gasteiger partial charge in [-0.05, 0) is 25.7 Å². The number of hydrogen-bond acceptors (Lipinski definition) is 4. The summed E-state index contributed by atoms with van der Waals surface area (Å²) in [5.41, 5.74) is 0.574. The largest absolute Gasteiger partial charge is 0.378 e. The lowest BCUT2D eigenvalue weighted by Crippen LogP contribution is -2.47. The van der Waals surface area contributed by atoms with Crippen LogP contribution in [0.3, 0.4) is 0 Å². The summed E-state index contributed by atoms with van der Waals surface area (Å²) >= 11 is 0. The van der Waals surface area contributed by atoms with E-state index >= 15 is 0 Å². The summed E-state index contributed by atoms with van der Waals surface area (Å²) < 4.78 is 7.14. The molecule has 2 fully saturated rings. The molecule has 1 aromatic rings. The number of rotatable bonds is 4. The van der Waals surface area contributed by atoms with Crippen molar-refractivity contribution in [3.05, 3.63) is 18.0 Å². The third-order valence-electron chi connectivity index (χ3n) is 4.58. The molecular weight excluding hydrogens is 296 g/mol. The molecule has 1 N–H and O–H groups in total. The van der Waals surface area contributed by atoms with Crippen molar-refractivity contribution in [3.8, 4) is 0 Å². The SMILES string of the molecule is Cn1cc(C(=O)NC2CCN(C(=O)C[C@H]3CCCO3)CC2)cn1. The third kappa shape index (κ3) is 4.10. The van der Waals surface area contributed by atoms with E-state index < -0.39 is 0 Å². The van der Waals surface area contributed by atoms with Gasteiger partial charge in [0.2, 0.25) is 5.91 Å². The Morgan fingerprint density at radius 2 is 2.13 bits per heavy atom. The number of carbonyl (C=O) groups excluding carboxylic acids is 2. The van der Waals surface area contributed by atoms with Crippen LogP contribution in [0.5, 0.6) is 0 Å². The fourth-order valence-electron chi connectivity index (χ4n) is 3.21. The molecule has 0 spiro atoms. The number of piperidine rings is 1. The molecule has 126 valence electrons. The summed E-state index contributed by atoms with van der Waals surface area (Å²) in [5, 5.41) is 7.03. The van der Waals surface area contributed by atoms with Crippen molar-refractivity contribution in [3.63, 3.8) is 0 Å². The number of likely N-dealkylation sites (tertiary alicyclic amines) is 1. The monoisotopic (exact) mass is 320 g/mol. The van der Waals surface area contributed by atoms with E-state index in [4.69, 9.17) is 4.74 Å². The third-order valence-corrected chi connectivity index (χ3v) is 4.58. The van der Waals surface area contributed by atoms with Gasteiger partial charge in [-0.1, -0.05) is 0 Å². The molecule has 2 aliphatic heterocycles. The van der Waals surface area contributed by atoms with Crippen LogP contribution in [-0.2, 0) is 16.6 Å². The molecular formula is C16H24N4O3. The van der Waals surface area contributed by atoms with Crippen LogP contribution in [0.4, 0.5) is 0 Å². The van der Waals surface area contributed by atoms with E-state index in [1.54, 1.807) is 24.1 Å². The van der Waals surface area contributed by atoms with Crippen LogP contribution >= 0.6 is 0 Å². The molecule has 2 aliphatic rings. The van der Waals surface area contributed by atoms with Crippen molar-refractivity contribution < 1.29 is 14.3 Å². The van der Waals surface area contributed by atoms with Gasteiger partial charge in [0, 0.05) is 39.0 Å². The highest BCUT2D eigenvalue weighted by Gasteiger charge is 2.27. The first-order valence-electron chi connectivity index (χ1n) is 8.30. The zero-order valence-electron chi connectivity index (χ0n) is 13.5. The van der Waals surface area contributed by atoms with E-state index in [2.05, 4.69) is 10.4 Å². The maximum absolute atomic E-state index is 12.3. The van der Waals surface area contributed by atoms with Crippen molar-refractivity contribution in [1.82, 2.24) is 20.0 Å². The zero-order valence-corrected chi connectivity index (χ0v) is 13.5. The van der Waals surface area contributed by atoms with Gasteiger partial charge in [-0.25, -0.2) is 0 Å². The average molecular weight is 320 g/mol. The smallest absolute Gasteiger partial charge is 0.254 e. The van der Waals surface area contributed by atoms with E-state index in [1.807, 2.05) is 4.90 Å². The number of nitrogens with one attached hydrogen (secondary N) is 1. The fraction of sp³-hybridized carbons (Fsp3) is 0.688. The first kappa shape index (κ1) is 16.0. The van der Waals surface area contributed by atoms with Gasteiger partial charge in [0.05, 0.1) is 24.3 Å². The summed E-state index contributed by atoms with van der Waals surface area (Å²) in [4.78, 5) is 26.3. The second-order valence-electron chi connectivity index (χ2n) is 6.37. The van der Waals surface area contributed by atoms with Gasteiger partial charge >= 0.3 is 0 Å². The second-order valence-corrected chi connectivity index (χ2v) is 6.37. The molecule has 3 heterocycles. The summed E-state index contributed by atoms with van der Waals surface area (Å²) in [5.74, 6) is 0.0798. The fourth-order valence-corrected chi connectivity index (χ4v) is 3.21. The summed E-state index contributed by atoms with van der Waals surface area (Å²) in [7, 11) is 1.79. The molecule has 0 aliphatic carbocycles. The van der Waals surface area contributed by atoms with Crippen LogP contribution in [0.2, 0.25) is 0 Å². The number of carbonyl (C=O) groups is 2. The van der Waals surface area contributed by atoms with Crippen LogP contribution in [-0.4, -0.2) is 58.3 Å². The van der Waals surface area contributed by atoms with Gasteiger partial charge in [0.1, 0.15) is 0 Å². The van der Waals surface area contributed by atoms with Crippen molar-refractivity contribution in [1.29, 1.82) is 0 Å². The van der Waals surface area contributed by atoms with E-state index in [0.29, 0.717) is 25.1 Å². The number of hydrogen-bond donors (Lipinski definition) is 1. The Balaban J connectivity index is 1.42. The van der Waals surface area contributed by atoms with Crippen molar-refractivity contribution >= 4 is 11.8 Å². The summed E-state index contributed by atoms with van der Waals surface area (Å²) in [6.07, 6.45) is 7.50. The molecule has 0 unspecified atom stereocenters. The van der Waals surface area contributed by atoms with Gasteiger partial charge in [-0.3, -0.25) is 14.3 Å². The van der Waals surface area contributed by atoms with E-state index in [1.165, 1.54) is 0 Å². The molecule has 1 atom stereocenters. The first-order valence-corrected chi connectivity index (χ1v) is 8.30. The minimum absolute atomic E-state index is 0.0952. The Hall–Kier alpha value is -1.89. The number of aromatic nitrogens is 2. The first-order chi connectivity index (χ1) is 11.1. The van der Waals surface area contributed by atoms with Crippen LogP contribution in [0, 0.1) is 0 Å². The van der Waals surface area contributed by atoms with Gasteiger partial charge in [0.15, 0.2) is 0 Å². The second kappa shape index (κ2) is 7.12. The molecule has 2 saturated heterocycles. The van der Waals surface area contributed by atoms with E-state index in [-0.39, 0.29) is 24.0 Å². The molecule has 0 saturated carbocycles. The quantitative estimate of drug-likeness (QED) is 0.886. The van der Waals surface area contributed by atoms with Crippen LogP contribution in [0.25, 0.3) is 0 Å². The predicted octanol–water partition coefficient (Wildman–Crippen LogP) is 0.710. The molecule has 0 bridgehead atoms. The Morgan fingerprint density at radius 1 is 1.35 bits per heavy atom. The lowest BCUT2D eigenvalue weighted by Gasteiger charge is -2.32. The molecule has 7 heteroatoms. The Kier molecular flexibility index (Phi) is 4.95. The van der Waals surface area contributed by atoms with Crippen LogP contribution in [0.1, 0.15) is 42.5 Å². The average Bonchev–Trinajstić information content (AvgIpc) is 3.19. The Bertz CT molecular complexity index is 557. The Labute approximate surface area is 136 Å². The molecule has 23 heavy (non-hydrogen) atoms. The number of amides is 2. The summed E-state index contributed by atoms with van der Waals surface area (Å²) in [6.45, 7) is 2.17. The lowest BCUT2D eigenvalue weighted by atomic mass is 10.0. The Morgan fingerprint density at radius 3 is 2.74 bits per heavy atom. The van der Waals surface area contributed by atoms with Gasteiger partial charge < -0.3 is 15.0 Å². The highest BCUT2D eigenvalue weighted by molar-refractivity contribution is 5.93. The number of ether oxygens (including phenoxy) is 1. The van der Waals surface area contributed by atoms with Gasteiger partial charge in [0.25, 0.3) is 5.91 Å². The standard InChI is InChI=1S/C16H24N4O3/c1-19-11-12(10-17-19)16(22)18-13-4-6-20(7-5-13)15(21)9-14-3-2-8-23-14/h10-11,13-14H,2-9H2,1H3,(H,18,22)/t14-/m1/s1. The van der Waals surface area contributed by atoms with Crippen molar-refractivity contribution in [2.45, 2.75) is 44.2 Å². The summed E-state index contributed by atoms with van der Waals surface area (Å²) in [6, 6.07) is 0.120. The van der Waals surface area contributed by atoms with E-state index in [9.17, 15) is 9.59 Å². The molecule has 7 nitrogen and oxygen atoms in total. The van der Waals surface area contributed by atoms with Crippen LogP contribution < -0.4 is 5.32 Å². The normalized spacial score (nSPS) is 22.3. The topological polar surface area (TPSA) is 76.5 Å². The molecule has 2 amide bonds. The number of nitrogens with zero attached hydrogens (tertiary/aromatic N) is 3. The van der Waals surface area contributed by atoms with Crippen molar-refractivity contribution in [2.24, 2.45) is 7.05 Å². The molecule has 3 rings (SSSR count). The highest BCUT2D eigenvalue weighted by Crippen LogP contribution is 2.18. The predicted molar refractivity (Wildman–Crippen MR) is 83.9 cm³/mol. The maximum Gasteiger partial charge on any atom is 0.254 e. The lowest BCUT2D eigenvalue weighted by molar-refractivity contribution is -0.134. The van der Waals surface area contributed by atoms with Crippen molar-refractivity contribution in [2.75, 3.05) is 19.7 Å². The number of aryl methyl sites for hydroxylation is 1. The molecule has 0 radical (unpaired) electrons. The van der Waals surface area contributed by atoms with Crippen LogP contribution in [0.15, 0.2) is 12.4 Å². The highest BCUT2D eigenvalue weighted by atomic mass is 16.5. The minimum Gasteiger partial charge on any atom is -0.378 e. The molecule has 0 aromatic carbocycles. The minimum atomic E-state index is -0.0952.